The van der Waals surface area contributed by atoms with E-state index < -0.39 is 12.1 Å². The van der Waals surface area contributed by atoms with Crippen LogP contribution in [0, 0.1) is 0 Å². The molecular formula is C13H16O5. The Balaban J connectivity index is 2.17. The van der Waals surface area contributed by atoms with Gasteiger partial charge in [-0.2, -0.15) is 0 Å². The number of hydrogen-bond donors (Lipinski definition) is 2. The molecule has 1 atom stereocenters. The molecule has 5 nitrogen and oxygen atoms in total. The number of hydrogen-bond acceptors (Lipinski definition) is 4. The van der Waals surface area contributed by atoms with Crippen molar-refractivity contribution in [2.24, 2.45) is 0 Å². The lowest BCUT2D eigenvalue weighted by Crippen LogP contribution is -2.13. The van der Waals surface area contributed by atoms with Crippen LogP contribution in [-0.4, -0.2) is 35.0 Å². The first-order valence-electron chi connectivity index (χ1n) is 5.91. The summed E-state index contributed by atoms with van der Waals surface area (Å²) in [7, 11) is 0. The van der Waals surface area contributed by atoms with Crippen LogP contribution in [0.3, 0.4) is 0 Å². The second kappa shape index (κ2) is 5.27. The summed E-state index contributed by atoms with van der Waals surface area (Å²) in [6, 6.07) is 4.47. The van der Waals surface area contributed by atoms with Gasteiger partial charge in [0.1, 0.15) is 6.61 Å². The van der Waals surface area contributed by atoms with Crippen LogP contribution in [0.25, 0.3) is 0 Å². The van der Waals surface area contributed by atoms with Crippen molar-refractivity contribution in [2.45, 2.75) is 32.0 Å². The number of aromatic carboxylic acids is 1. The van der Waals surface area contributed by atoms with E-state index in [2.05, 4.69) is 0 Å². The minimum Gasteiger partial charge on any atom is -0.487 e. The van der Waals surface area contributed by atoms with Gasteiger partial charge in [0.15, 0.2) is 11.5 Å². The molecule has 0 heterocycles. The topological polar surface area (TPSA) is 76.0 Å². The van der Waals surface area contributed by atoms with Crippen LogP contribution in [0.5, 0.6) is 11.5 Å². The number of aliphatic hydroxyl groups is 1. The number of carbonyl (C=O) groups is 1. The monoisotopic (exact) mass is 252 g/mol. The Bertz CT molecular complexity index is 437. The van der Waals surface area contributed by atoms with E-state index in [0.29, 0.717) is 11.5 Å². The molecule has 1 aliphatic carbocycles. The molecular weight excluding hydrogens is 236 g/mol. The summed E-state index contributed by atoms with van der Waals surface area (Å²) in [6.07, 6.45) is 1.53. The zero-order chi connectivity index (χ0) is 13.1. The zero-order valence-electron chi connectivity index (χ0n) is 10.1. The van der Waals surface area contributed by atoms with Gasteiger partial charge in [-0.15, -0.1) is 0 Å². The van der Waals surface area contributed by atoms with Gasteiger partial charge in [-0.05, 0) is 38.0 Å². The summed E-state index contributed by atoms with van der Waals surface area (Å²) in [4.78, 5) is 10.9. The van der Waals surface area contributed by atoms with Crippen LogP contribution in [0.2, 0.25) is 0 Å². The van der Waals surface area contributed by atoms with E-state index in [0.717, 1.165) is 12.8 Å². The molecule has 2 N–H and O–H groups in total. The van der Waals surface area contributed by atoms with Crippen LogP contribution in [0.15, 0.2) is 18.2 Å². The Hall–Kier alpha value is -1.75. The van der Waals surface area contributed by atoms with Crippen molar-refractivity contribution in [1.29, 1.82) is 0 Å². The highest BCUT2D eigenvalue weighted by Crippen LogP contribution is 2.34. The molecule has 2 rings (SSSR count). The minimum atomic E-state index is -1.00. The first-order valence-corrected chi connectivity index (χ1v) is 5.91. The second-order valence-corrected chi connectivity index (χ2v) is 4.44. The second-order valence-electron chi connectivity index (χ2n) is 4.44. The Morgan fingerprint density at radius 1 is 1.44 bits per heavy atom. The van der Waals surface area contributed by atoms with E-state index in [-0.39, 0.29) is 18.3 Å². The van der Waals surface area contributed by atoms with Crippen LogP contribution in [-0.2, 0) is 0 Å². The van der Waals surface area contributed by atoms with Crippen LogP contribution >= 0.6 is 0 Å². The third kappa shape index (κ3) is 3.37. The van der Waals surface area contributed by atoms with Crippen molar-refractivity contribution < 1.29 is 24.5 Å². The van der Waals surface area contributed by atoms with E-state index in [4.69, 9.17) is 14.6 Å². The molecule has 0 amide bonds. The smallest absolute Gasteiger partial charge is 0.335 e. The van der Waals surface area contributed by atoms with E-state index >= 15 is 0 Å². The fourth-order valence-electron chi connectivity index (χ4n) is 1.43. The van der Waals surface area contributed by atoms with Crippen molar-refractivity contribution in [3.63, 3.8) is 0 Å². The normalized spacial score (nSPS) is 16.1. The molecule has 1 saturated carbocycles. The first kappa shape index (κ1) is 12.7. The van der Waals surface area contributed by atoms with Crippen LogP contribution in [0.4, 0.5) is 0 Å². The Labute approximate surface area is 105 Å². The first-order chi connectivity index (χ1) is 8.56. The van der Waals surface area contributed by atoms with E-state index in [1.165, 1.54) is 12.1 Å². The Morgan fingerprint density at radius 3 is 2.72 bits per heavy atom. The number of carboxylic acids is 1. The van der Waals surface area contributed by atoms with Crippen molar-refractivity contribution in [2.75, 3.05) is 6.61 Å². The Morgan fingerprint density at radius 2 is 2.17 bits per heavy atom. The molecule has 1 aliphatic rings. The van der Waals surface area contributed by atoms with Gasteiger partial charge >= 0.3 is 5.97 Å². The number of benzene rings is 1. The van der Waals surface area contributed by atoms with Crippen molar-refractivity contribution in [3.05, 3.63) is 23.8 Å². The number of rotatable bonds is 6. The lowest BCUT2D eigenvalue weighted by atomic mass is 10.2. The molecule has 0 bridgehead atoms. The molecule has 0 saturated heterocycles. The predicted molar refractivity (Wildman–Crippen MR) is 64.2 cm³/mol. The molecule has 5 heteroatoms. The SMILES string of the molecule is CC(O)COc1ccc(C(=O)O)cc1OC1CC1. The number of aliphatic hydroxyl groups excluding tert-OH is 1. The molecule has 1 unspecified atom stereocenters. The van der Waals surface area contributed by atoms with Gasteiger partial charge in [-0.3, -0.25) is 0 Å². The lowest BCUT2D eigenvalue weighted by Gasteiger charge is -2.14. The number of ether oxygens (including phenoxy) is 2. The fraction of sp³-hybridized carbons (Fsp3) is 0.462. The average molecular weight is 252 g/mol. The van der Waals surface area contributed by atoms with Gasteiger partial charge in [0, 0.05) is 0 Å². The highest BCUT2D eigenvalue weighted by Gasteiger charge is 2.25. The maximum Gasteiger partial charge on any atom is 0.335 e. The van der Waals surface area contributed by atoms with E-state index in [1.807, 2.05) is 0 Å². The van der Waals surface area contributed by atoms with Gasteiger partial charge < -0.3 is 19.7 Å². The molecule has 1 aromatic rings. The standard InChI is InChI=1S/C13H16O5/c1-8(14)7-17-11-5-2-9(13(15)16)6-12(11)18-10-3-4-10/h2,5-6,8,10,14H,3-4,7H2,1H3,(H,15,16). The summed E-state index contributed by atoms with van der Waals surface area (Å²) >= 11 is 0. The molecule has 98 valence electrons. The fourth-order valence-corrected chi connectivity index (χ4v) is 1.43. The van der Waals surface area contributed by atoms with Crippen LogP contribution in [0.1, 0.15) is 30.1 Å². The van der Waals surface area contributed by atoms with Gasteiger partial charge in [-0.25, -0.2) is 4.79 Å². The van der Waals surface area contributed by atoms with Crippen molar-refractivity contribution in [3.8, 4) is 11.5 Å². The molecule has 18 heavy (non-hydrogen) atoms. The van der Waals surface area contributed by atoms with Crippen LogP contribution < -0.4 is 9.47 Å². The lowest BCUT2D eigenvalue weighted by molar-refractivity contribution is 0.0695. The van der Waals surface area contributed by atoms with E-state index in [9.17, 15) is 9.90 Å². The Kier molecular flexibility index (Phi) is 3.72. The summed E-state index contributed by atoms with van der Waals surface area (Å²) in [5.74, 6) is -0.108. The van der Waals surface area contributed by atoms with Gasteiger partial charge in [-0.1, -0.05) is 0 Å². The number of carboxylic acid groups (broad SMARTS) is 1. The third-order valence-electron chi connectivity index (χ3n) is 2.49. The summed E-state index contributed by atoms with van der Waals surface area (Å²) < 4.78 is 11.0. The largest absolute Gasteiger partial charge is 0.487 e. The highest BCUT2D eigenvalue weighted by molar-refractivity contribution is 5.88. The molecule has 0 radical (unpaired) electrons. The third-order valence-corrected chi connectivity index (χ3v) is 2.49. The molecule has 1 fully saturated rings. The summed E-state index contributed by atoms with van der Waals surface area (Å²) in [5.41, 5.74) is 0.162. The zero-order valence-corrected chi connectivity index (χ0v) is 10.1. The van der Waals surface area contributed by atoms with E-state index in [1.54, 1.807) is 13.0 Å². The predicted octanol–water partition coefficient (Wildman–Crippen LogP) is 1.69. The molecule has 0 aromatic heterocycles. The summed E-state index contributed by atoms with van der Waals surface area (Å²) in [5, 5.41) is 18.1. The maximum absolute atomic E-state index is 10.9. The van der Waals surface area contributed by atoms with Gasteiger partial charge in [0.05, 0.1) is 17.8 Å². The van der Waals surface area contributed by atoms with Gasteiger partial charge in [0.25, 0.3) is 0 Å². The molecule has 0 aliphatic heterocycles. The van der Waals surface area contributed by atoms with Crippen molar-refractivity contribution in [1.82, 2.24) is 0 Å². The average Bonchev–Trinajstić information content (AvgIpc) is 3.11. The highest BCUT2D eigenvalue weighted by atomic mass is 16.5. The molecule has 0 spiro atoms. The molecule has 1 aromatic carbocycles. The quantitative estimate of drug-likeness (QED) is 0.805. The van der Waals surface area contributed by atoms with Gasteiger partial charge in [0.2, 0.25) is 0 Å². The van der Waals surface area contributed by atoms with Crippen molar-refractivity contribution >= 4 is 5.97 Å². The summed E-state index contributed by atoms with van der Waals surface area (Å²) in [6.45, 7) is 1.76. The minimum absolute atomic E-state index is 0.146. The maximum atomic E-state index is 10.9.